The van der Waals surface area contributed by atoms with Crippen molar-refractivity contribution in [3.8, 4) is 0 Å². The van der Waals surface area contributed by atoms with Gasteiger partial charge in [0.05, 0.1) is 17.3 Å². The van der Waals surface area contributed by atoms with Gasteiger partial charge in [0.2, 0.25) is 0 Å². The van der Waals surface area contributed by atoms with Crippen LogP contribution >= 0.6 is 22.6 Å². The molecular formula is C29H40F15IO6. The van der Waals surface area contributed by atoms with Gasteiger partial charge in [0.1, 0.15) is 6.10 Å². The Balaban J connectivity index is 0.00000112. The fraction of sp³-hybridized carbons (Fsp3) is 0.931. The minimum Gasteiger partial charge on any atom is -0.462 e. The van der Waals surface area contributed by atoms with Gasteiger partial charge >= 0.3 is 42.8 Å². The first-order valence-corrected chi connectivity index (χ1v) is 16.2. The summed E-state index contributed by atoms with van der Waals surface area (Å²) in [6.07, 6.45) is -28.0. The fourth-order valence-corrected chi connectivity index (χ4v) is 6.28. The van der Waals surface area contributed by atoms with E-state index in [0.29, 0.717) is 6.42 Å². The molecule has 0 aromatic carbocycles. The van der Waals surface area contributed by atoms with Crippen molar-refractivity contribution < 1.29 is 95.1 Å². The second kappa shape index (κ2) is 16.5. The summed E-state index contributed by atoms with van der Waals surface area (Å²) in [5.74, 6) is -16.2. The van der Waals surface area contributed by atoms with E-state index >= 15 is 0 Å². The van der Waals surface area contributed by atoms with E-state index in [9.17, 15) is 85.7 Å². The number of esters is 2. The molecule has 1 aliphatic carbocycles. The van der Waals surface area contributed by atoms with Crippen molar-refractivity contribution in [2.75, 3.05) is 6.61 Å². The van der Waals surface area contributed by atoms with Gasteiger partial charge < -0.3 is 19.7 Å². The first-order valence-electron chi connectivity index (χ1n) is 15.0. The number of carbonyl (C=O) groups is 2. The Labute approximate surface area is 297 Å². The molecule has 51 heavy (non-hydrogen) atoms. The molecule has 0 amide bonds. The lowest BCUT2D eigenvalue weighted by atomic mass is 9.66. The van der Waals surface area contributed by atoms with E-state index < -0.39 is 119 Å². The molecule has 0 spiro atoms. The van der Waals surface area contributed by atoms with Gasteiger partial charge in [-0.05, 0) is 60.3 Å². The van der Waals surface area contributed by atoms with Gasteiger partial charge in [-0.25, -0.2) is 26.3 Å². The van der Waals surface area contributed by atoms with Gasteiger partial charge in [-0.1, -0.05) is 36.4 Å². The minimum atomic E-state index is -6.30. The SMILES string of the molecule is CCC(C)(C)C(=O)OC1CC(C(C)(O)C(F)(F)F)C(I)C(C(O)(C(F)(F)F)C(F)(F)F)C1.CCC(C)(C)C(=O)OCC(F)(F)CC(F)(F)C(F)F. The van der Waals surface area contributed by atoms with Gasteiger partial charge in [-0.2, -0.15) is 39.5 Å². The standard InChI is InChI=1S/C18H24F9IO4.C11H16F6O2/c1-5-13(2,3)12(29)32-8-6-9(14(4,30)16(19,20)21)11(28)10(7-8)15(31,17(22,23)24)18(25,26)27;1-4-9(2,3)8(18)19-6-10(14,15)5-11(16,17)7(12)13/h8-11,30-31H,5-7H2,1-4H3;7H,4-6H2,1-3H3. The monoisotopic (exact) mass is 896 g/mol. The minimum absolute atomic E-state index is 0.162. The molecule has 0 aromatic rings. The van der Waals surface area contributed by atoms with Crippen LogP contribution < -0.4 is 0 Å². The molecule has 1 aliphatic rings. The third-order valence-electron chi connectivity index (χ3n) is 8.87. The summed E-state index contributed by atoms with van der Waals surface area (Å²) in [7, 11) is 0. The maximum atomic E-state index is 13.5. The zero-order chi connectivity index (χ0) is 41.2. The Bertz CT molecular complexity index is 1150. The Morgan fingerprint density at radius 3 is 1.45 bits per heavy atom. The van der Waals surface area contributed by atoms with Crippen LogP contribution in [-0.4, -0.2) is 86.8 Å². The highest BCUT2D eigenvalue weighted by molar-refractivity contribution is 14.1. The predicted molar refractivity (Wildman–Crippen MR) is 157 cm³/mol. The van der Waals surface area contributed by atoms with Crippen molar-refractivity contribution in [2.24, 2.45) is 22.7 Å². The molecule has 304 valence electrons. The van der Waals surface area contributed by atoms with Crippen LogP contribution in [0, 0.1) is 22.7 Å². The van der Waals surface area contributed by atoms with Crippen LogP contribution in [0.4, 0.5) is 65.9 Å². The van der Waals surface area contributed by atoms with Crippen molar-refractivity contribution >= 4 is 34.5 Å². The first kappa shape index (κ1) is 49.5. The number of ether oxygens (including phenoxy) is 2. The second-order valence-electron chi connectivity index (χ2n) is 13.7. The van der Waals surface area contributed by atoms with Crippen molar-refractivity contribution in [2.45, 2.75) is 139 Å². The zero-order valence-corrected chi connectivity index (χ0v) is 30.4. The van der Waals surface area contributed by atoms with Crippen molar-refractivity contribution in [3.05, 3.63) is 0 Å². The average molecular weight is 897 g/mol. The summed E-state index contributed by atoms with van der Waals surface area (Å²) in [6.45, 7) is 7.37. The molecular weight excluding hydrogens is 856 g/mol. The van der Waals surface area contributed by atoms with Crippen molar-refractivity contribution in [3.63, 3.8) is 0 Å². The maximum absolute atomic E-state index is 13.5. The largest absolute Gasteiger partial charge is 0.462 e. The van der Waals surface area contributed by atoms with Gasteiger partial charge in [0.15, 0.2) is 12.2 Å². The highest BCUT2D eigenvalue weighted by Crippen LogP contribution is 2.57. The Morgan fingerprint density at radius 1 is 0.706 bits per heavy atom. The molecule has 22 heteroatoms. The van der Waals surface area contributed by atoms with Gasteiger partial charge in [-0.3, -0.25) is 9.59 Å². The summed E-state index contributed by atoms with van der Waals surface area (Å²) in [5.41, 5.74) is -11.4. The van der Waals surface area contributed by atoms with Crippen LogP contribution in [-0.2, 0) is 19.1 Å². The maximum Gasteiger partial charge on any atom is 0.426 e. The Morgan fingerprint density at radius 2 is 1.10 bits per heavy atom. The highest BCUT2D eigenvalue weighted by Gasteiger charge is 2.76. The quantitative estimate of drug-likeness (QED) is 0.0879. The van der Waals surface area contributed by atoms with Gasteiger partial charge in [0.25, 0.3) is 11.5 Å². The van der Waals surface area contributed by atoms with Crippen LogP contribution in [0.25, 0.3) is 0 Å². The van der Waals surface area contributed by atoms with E-state index in [1.165, 1.54) is 27.7 Å². The molecule has 5 unspecified atom stereocenters. The third-order valence-corrected chi connectivity index (χ3v) is 10.6. The lowest BCUT2D eigenvalue weighted by Crippen LogP contribution is -2.68. The number of hydrogen-bond donors (Lipinski definition) is 2. The summed E-state index contributed by atoms with van der Waals surface area (Å²) < 4.78 is 203. The van der Waals surface area contributed by atoms with E-state index in [1.54, 1.807) is 13.8 Å². The van der Waals surface area contributed by atoms with E-state index in [1.807, 2.05) is 0 Å². The molecule has 0 bridgehead atoms. The van der Waals surface area contributed by atoms with Crippen LogP contribution in [0.5, 0.6) is 0 Å². The lowest BCUT2D eigenvalue weighted by Gasteiger charge is -2.50. The van der Waals surface area contributed by atoms with Crippen molar-refractivity contribution in [1.82, 2.24) is 0 Å². The molecule has 0 heterocycles. The molecule has 0 radical (unpaired) electrons. The van der Waals surface area contributed by atoms with Crippen LogP contribution in [0.2, 0.25) is 0 Å². The van der Waals surface area contributed by atoms with Crippen LogP contribution in [0.3, 0.4) is 0 Å². The number of halogens is 16. The van der Waals surface area contributed by atoms with Gasteiger partial charge in [0, 0.05) is 15.8 Å². The number of aliphatic hydroxyl groups is 2. The number of rotatable bonds is 12. The normalized spacial score (nSPS) is 22.9. The number of carbonyl (C=O) groups excluding carboxylic acids is 2. The molecule has 0 aliphatic heterocycles. The molecule has 1 fully saturated rings. The molecule has 0 saturated heterocycles. The van der Waals surface area contributed by atoms with Crippen LogP contribution in [0.15, 0.2) is 0 Å². The second-order valence-corrected chi connectivity index (χ2v) is 15.1. The number of alkyl halides is 16. The third kappa shape index (κ3) is 12.0. The average Bonchev–Trinajstić information content (AvgIpc) is 2.93. The van der Waals surface area contributed by atoms with Crippen molar-refractivity contribution in [1.29, 1.82) is 0 Å². The first-order chi connectivity index (χ1) is 22.3. The highest BCUT2D eigenvalue weighted by atomic mass is 127. The van der Waals surface area contributed by atoms with E-state index in [0.717, 1.165) is 22.6 Å². The number of hydrogen-bond acceptors (Lipinski definition) is 6. The lowest BCUT2D eigenvalue weighted by molar-refractivity contribution is -0.390. The zero-order valence-electron chi connectivity index (χ0n) is 28.2. The summed E-state index contributed by atoms with van der Waals surface area (Å²) in [6, 6.07) is 0. The summed E-state index contributed by atoms with van der Waals surface area (Å²) in [4.78, 5) is 23.7. The molecule has 5 atom stereocenters. The van der Waals surface area contributed by atoms with E-state index in [-0.39, 0.29) is 13.3 Å². The topological polar surface area (TPSA) is 93.1 Å². The molecule has 1 saturated carbocycles. The molecule has 0 aromatic heterocycles. The predicted octanol–water partition coefficient (Wildman–Crippen LogP) is 9.22. The fourth-order valence-electron chi connectivity index (χ4n) is 4.47. The Kier molecular flexibility index (Phi) is 16.0. The Hall–Kier alpha value is -1.46. The smallest absolute Gasteiger partial charge is 0.426 e. The summed E-state index contributed by atoms with van der Waals surface area (Å²) >= 11 is 0.958. The van der Waals surface area contributed by atoms with Gasteiger partial charge in [-0.15, -0.1) is 0 Å². The molecule has 1 rings (SSSR count). The molecule has 2 N–H and O–H groups in total. The van der Waals surface area contributed by atoms with Crippen LogP contribution in [0.1, 0.15) is 80.6 Å². The van der Waals surface area contributed by atoms with E-state index in [4.69, 9.17) is 4.74 Å². The summed E-state index contributed by atoms with van der Waals surface area (Å²) in [5, 5.41) is 19.9. The van der Waals surface area contributed by atoms with E-state index in [2.05, 4.69) is 4.74 Å². The molecule has 6 nitrogen and oxygen atoms in total.